The van der Waals surface area contributed by atoms with Crippen LogP contribution in [0.3, 0.4) is 0 Å². The van der Waals surface area contributed by atoms with Crippen molar-refractivity contribution in [2.24, 2.45) is 0 Å². The van der Waals surface area contributed by atoms with Crippen molar-refractivity contribution in [2.45, 2.75) is 65.3 Å². The first-order valence-electron chi connectivity index (χ1n) is 9.57. The zero-order chi connectivity index (χ0) is 22.9. The van der Waals surface area contributed by atoms with Gasteiger partial charge in [-0.15, -0.1) is 0 Å². The molecule has 0 saturated carbocycles. The minimum atomic E-state index is -0.900. The Balaban J connectivity index is 2.37. The number of ether oxygens (including phenoxy) is 1. The van der Waals surface area contributed by atoms with E-state index in [1.807, 2.05) is 27.7 Å². The van der Waals surface area contributed by atoms with E-state index in [-0.39, 0.29) is 12.1 Å². The smallest absolute Gasteiger partial charge is 0.444 e. The molecule has 0 aliphatic carbocycles. The number of hydrogen-bond donors (Lipinski definition) is 1. The number of carbonyl (C=O) groups excluding carboxylic acids is 1. The lowest BCUT2D eigenvalue weighted by atomic mass is 9.77. The van der Waals surface area contributed by atoms with Crippen molar-refractivity contribution in [3.05, 3.63) is 40.4 Å². The van der Waals surface area contributed by atoms with Gasteiger partial charge in [-0.3, -0.25) is 0 Å². The van der Waals surface area contributed by atoms with Crippen LogP contribution in [-0.2, 0) is 14.0 Å². The SMILES string of the molecule is CC(C)(C)OC(=O)NCC(=Cc1cc(F)c(C#N)cc1F)B1OC(C)(C)C(C)(C)O1. The molecule has 2 rings (SSSR count). The van der Waals surface area contributed by atoms with E-state index in [0.29, 0.717) is 5.47 Å². The van der Waals surface area contributed by atoms with E-state index in [1.54, 1.807) is 26.8 Å². The maximum Gasteiger partial charge on any atom is 0.492 e. The average molecular weight is 420 g/mol. The Morgan fingerprint density at radius 1 is 1.20 bits per heavy atom. The van der Waals surface area contributed by atoms with E-state index in [1.165, 1.54) is 6.08 Å². The van der Waals surface area contributed by atoms with E-state index in [4.69, 9.17) is 19.3 Å². The standard InChI is InChI=1S/C21H27BF2N2O4/c1-19(2,3)28-18(27)26-12-15(22-29-20(4,5)21(6,7)30-22)8-13-9-17(24)14(11-25)10-16(13)23/h8-10H,12H2,1-7H3,(H,26,27). The average Bonchev–Trinajstić information content (AvgIpc) is 2.80. The van der Waals surface area contributed by atoms with E-state index in [9.17, 15) is 13.6 Å². The molecule has 162 valence electrons. The second kappa shape index (κ2) is 8.36. The van der Waals surface area contributed by atoms with Gasteiger partial charge in [0.05, 0.1) is 16.8 Å². The molecule has 1 amide bonds. The summed E-state index contributed by atoms with van der Waals surface area (Å²) in [6.45, 7) is 12.5. The normalized spacial score (nSPS) is 18.1. The summed E-state index contributed by atoms with van der Waals surface area (Å²) < 4.78 is 45.7. The Bertz CT molecular complexity index is 885. The summed E-state index contributed by atoms with van der Waals surface area (Å²) in [5.41, 5.74) is -2.16. The van der Waals surface area contributed by atoms with Gasteiger partial charge in [0.2, 0.25) is 0 Å². The van der Waals surface area contributed by atoms with Crippen LogP contribution < -0.4 is 5.32 Å². The first kappa shape index (κ1) is 23.8. The van der Waals surface area contributed by atoms with Gasteiger partial charge in [-0.2, -0.15) is 5.26 Å². The van der Waals surface area contributed by atoms with Crippen LogP contribution in [0.4, 0.5) is 13.6 Å². The van der Waals surface area contributed by atoms with Gasteiger partial charge >= 0.3 is 13.2 Å². The highest BCUT2D eigenvalue weighted by Gasteiger charge is 2.52. The first-order valence-corrected chi connectivity index (χ1v) is 9.57. The summed E-state index contributed by atoms with van der Waals surface area (Å²) in [7, 11) is -0.900. The van der Waals surface area contributed by atoms with Gasteiger partial charge in [-0.05, 0) is 66.1 Å². The molecule has 1 saturated heterocycles. The summed E-state index contributed by atoms with van der Waals surface area (Å²) in [6, 6.07) is 3.34. The van der Waals surface area contributed by atoms with Crippen molar-refractivity contribution in [3.63, 3.8) is 0 Å². The molecule has 0 unspecified atom stereocenters. The zero-order valence-electron chi connectivity index (χ0n) is 18.4. The molecule has 30 heavy (non-hydrogen) atoms. The third-order valence-corrected chi connectivity index (χ3v) is 4.94. The predicted octanol–water partition coefficient (Wildman–Crippen LogP) is 4.38. The molecule has 0 spiro atoms. The highest BCUT2D eigenvalue weighted by molar-refractivity contribution is 6.56. The van der Waals surface area contributed by atoms with Crippen molar-refractivity contribution in [2.75, 3.05) is 6.54 Å². The molecule has 0 atom stereocenters. The second-order valence-corrected chi connectivity index (χ2v) is 9.13. The Labute approximate surface area is 176 Å². The molecular formula is C21H27BF2N2O4. The number of amides is 1. The van der Waals surface area contributed by atoms with Gasteiger partial charge in [0.25, 0.3) is 0 Å². The van der Waals surface area contributed by atoms with Crippen LogP contribution >= 0.6 is 0 Å². The lowest BCUT2D eigenvalue weighted by Gasteiger charge is -2.32. The van der Waals surface area contributed by atoms with Gasteiger partial charge in [0, 0.05) is 12.1 Å². The van der Waals surface area contributed by atoms with Crippen LogP contribution in [0.15, 0.2) is 17.6 Å². The summed E-state index contributed by atoms with van der Waals surface area (Å²) in [4.78, 5) is 12.1. The fraction of sp³-hybridized carbons (Fsp3) is 0.524. The topological polar surface area (TPSA) is 80.6 Å². The monoisotopic (exact) mass is 420 g/mol. The van der Waals surface area contributed by atoms with Crippen molar-refractivity contribution in [3.8, 4) is 6.07 Å². The predicted molar refractivity (Wildman–Crippen MR) is 109 cm³/mol. The number of alkyl carbamates (subject to hydrolysis) is 1. The molecule has 1 heterocycles. The summed E-state index contributed by atoms with van der Waals surface area (Å²) >= 11 is 0. The van der Waals surface area contributed by atoms with Crippen molar-refractivity contribution in [1.29, 1.82) is 5.26 Å². The van der Waals surface area contributed by atoms with Crippen LogP contribution in [-0.4, -0.2) is 36.6 Å². The molecule has 1 N–H and O–H groups in total. The van der Waals surface area contributed by atoms with E-state index < -0.39 is 47.2 Å². The van der Waals surface area contributed by atoms with Crippen LogP contribution in [0.1, 0.15) is 59.6 Å². The number of halogens is 2. The molecule has 0 radical (unpaired) electrons. The molecule has 6 nitrogen and oxygen atoms in total. The third-order valence-electron chi connectivity index (χ3n) is 4.94. The number of benzene rings is 1. The molecule has 0 bridgehead atoms. The fourth-order valence-corrected chi connectivity index (χ4v) is 2.64. The summed E-state index contributed by atoms with van der Waals surface area (Å²) in [5, 5.41) is 11.5. The number of rotatable bonds is 4. The highest BCUT2D eigenvalue weighted by Crippen LogP contribution is 2.38. The molecular weight excluding hydrogens is 393 g/mol. The molecule has 1 aliphatic heterocycles. The Hall–Kier alpha value is -2.44. The molecule has 1 aromatic carbocycles. The largest absolute Gasteiger partial charge is 0.492 e. The quantitative estimate of drug-likeness (QED) is 0.732. The zero-order valence-corrected chi connectivity index (χ0v) is 18.4. The maximum absolute atomic E-state index is 14.4. The fourth-order valence-electron chi connectivity index (χ4n) is 2.64. The first-order chi connectivity index (χ1) is 13.6. The summed E-state index contributed by atoms with van der Waals surface area (Å²) in [6.07, 6.45) is 0.676. The molecule has 1 fully saturated rings. The number of nitrogens with one attached hydrogen (secondary N) is 1. The van der Waals surface area contributed by atoms with Crippen molar-refractivity contribution in [1.82, 2.24) is 5.32 Å². The van der Waals surface area contributed by atoms with E-state index in [0.717, 1.165) is 12.1 Å². The summed E-state index contributed by atoms with van der Waals surface area (Å²) in [5.74, 6) is -1.63. The van der Waals surface area contributed by atoms with Crippen LogP contribution in [0.5, 0.6) is 0 Å². The van der Waals surface area contributed by atoms with Crippen molar-refractivity contribution < 1.29 is 27.6 Å². The van der Waals surface area contributed by atoms with Crippen LogP contribution in [0.25, 0.3) is 6.08 Å². The molecule has 9 heteroatoms. The number of carbonyl (C=O) groups is 1. The Kier molecular flexibility index (Phi) is 6.65. The van der Waals surface area contributed by atoms with Gasteiger partial charge in [-0.1, -0.05) is 6.08 Å². The van der Waals surface area contributed by atoms with Gasteiger partial charge in [0.1, 0.15) is 23.3 Å². The number of nitriles is 1. The molecule has 0 aromatic heterocycles. The van der Waals surface area contributed by atoms with Gasteiger partial charge < -0.3 is 19.4 Å². The number of nitrogens with zero attached hydrogens (tertiary/aromatic N) is 1. The number of hydrogen-bond acceptors (Lipinski definition) is 5. The lowest BCUT2D eigenvalue weighted by Crippen LogP contribution is -2.41. The van der Waals surface area contributed by atoms with Crippen LogP contribution in [0.2, 0.25) is 0 Å². The minimum Gasteiger partial charge on any atom is -0.444 e. The maximum atomic E-state index is 14.4. The minimum absolute atomic E-state index is 0.0766. The molecule has 1 aromatic rings. The molecule has 1 aliphatic rings. The van der Waals surface area contributed by atoms with Gasteiger partial charge in [0.15, 0.2) is 0 Å². The Morgan fingerprint density at radius 3 is 2.27 bits per heavy atom. The lowest BCUT2D eigenvalue weighted by molar-refractivity contribution is 0.00578. The highest BCUT2D eigenvalue weighted by atomic mass is 19.1. The Morgan fingerprint density at radius 2 is 1.77 bits per heavy atom. The van der Waals surface area contributed by atoms with Crippen molar-refractivity contribution >= 4 is 19.3 Å². The van der Waals surface area contributed by atoms with Gasteiger partial charge in [-0.25, -0.2) is 13.6 Å². The third kappa shape index (κ3) is 5.58. The van der Waals surface area contributed by atoms with Crippen LogP contribution in [0, 0.1) is 23.0 Å². The van der Waals surface area contributed by atoms with E-state index >= 15 is 0 Å². The van der Waals surface area contributed by atoms with E-state index in [2.05, 4.69) is 5.32 Å². The second-order valence-electron chi connectivity index (χ2n) is 9.13.